The molecule has 0 amide bonds. The number of nitrogens with two attached hydrogens (primary N) is 1. The molecule has 0 aliphatic carbocycles. The number of fused-ring (bicyclic) bond motifs is 1. The number of carbonyl (C=O) groups excluding carboxylic acids is 1. The van der Waals surface area contributed by atoms with Crippen molar-refractivity contribution in [2.24, 2.45) is 5.84 Å². The summed E-state index contributed by atoms with van der Waals surface area (Å²) in [6, 6.07) is 5.40. The second kappa shape index (κ2) is 3.12. The van der Waals surface area contributed by atoms with Gasteiger partial charge in [-0.25, -0.2) is 5.84 Å². The highest BCUT2D eigenvalue weighted by molar-refractivity contribution is 6.04. The van der Waals surface area contributed by atoms with Gasteiger partial charge < -0.3 is 4.42 Å². The predicted molar refractivity (Wildman–Crippen MR) is 51.8 cm³/mol. The van der Waals surface area contributed by atoms with Gasteiger partial charge >= 0.3 is 6.01 Å². The monoisotopic (exact) mass is 191 g/mol. The third kappa shape index (κ3) is 1.23. The first-order chi connectivity index (χ1) is 6.72. The van der Waals surface area contributed by atoms with Crippen LogP contribution in [0.5, 0.6) is 0 Å². The molecule has 0 fully saturated rings. The van der Waals surface area contributed by atoms with E-state index in [0.29, 0.717) is 16.7 Å². The van der Waals surface area contributed by atoms with Gasteiger partial charge in [-0.05, 0) is 19.1 Å². The third-order valence-electron chi connectivity index (χ3n) is 1.92. The highest BCUT2D eigenvalue weighted by Gasteiger charge is 2.11. The molecule has 0 spiro atoms. The predicted octanol–water partition coefficient (Wildman–Crippen LogP) is 1.32. The number of benzene rings is 1. The molecule has 0 bridgehead atoms. The van der Waals surface area contributed by atoms with Gasteiger partial charge in [0.05, 0.1) is 5.56 Å². The molecule has 1 heterocycles. The number of carbonyl (C=O) groups is 1. The number of hydrazine groups is 1. The van der Waals surface area contributed by atoms with Gasteiger partial charge in [0.25, 0.3) is 0 Å². The molecule has 1 aromatic heterocycles. The Labute approximate surface area is 79.9 Å². The Morgan fingerprint density at radius 2 is 2.36 bits per heavy atom. The van der Waals surface area contributed by atoms with Gasteiger partial charge in [0.2, 0.25) is 0 Å². The van der Waals surface area contributed by atoms with Crippen LogP contribution in [0.15, 0.2) is 22.6 Å². The lowest BCUT2D eigenvalue weighted by atomic mass is 10.1. The van der Waals surface area contributed by atoms with E-state index in [1.54, 1.807) is 18.2 Å². The molecule has 0 saturated heterocycles. The lowest BCUT2D eigenvalue weighted by molar-refractivity contribution is 0.101. The van der Waals surface area contributed by atoms with Crippen LogP contribution in [0.2, 0.25) is 0 Å². The van der Waals surface area contributed by atoms with Gasteiger partial charge in [0.15, 0.2) is 11.4 Å². The molecular formula is C9H9N3O2. The van der Waals surface area contributed by atoms with Crippen LogP contribution in [-0.2, 0) is 0 Å². The van der Waals surface area contributed by atoms with Crippen molar-refractivity contribution >= 4 is 22.9 Å². The summed E-state index contributed by atoms with van der Waals surface area (Å²) < 4.78 is 5.24. The van der Waals surface area contributed by atoms with Crippen molar-refractivity contribution in [2.45, 2.75) is 6.92 Å². The normalized spacial score (nSPS) is 10.4. The standard InChI is InChI=1S/C9H9N3O2/c1-5(13)6-3-2-4-7-8(6)14-9(11-7)12-10/h2-4H,10H2,1H3,(H,11,12). The molecule has 3 N–H and O–H groups in total. The molecule has 5 nitrogen and oxygen atoms in total. The number of aromatic nitrogens is 1. The van der Waals surface area contributed by atoms with Gasteiger partial charge in [-0.1, -0.05) is 6.07 Å². The highest BCUT2D eigenvalue weighted by Crippen LogP contribution is 2.22. The lowest BCUT2D eigenvalue weighted by Gasteiger charge is -1.93. The zero-order chi connectivity index (χ0) is 10.1. The number of anilines is 1. The molecule has 14 heavy (non-hydrogen) atoms. The van der Waals surface area contributed by atoms with Crippen LogP contribution in [0.25, 0.3) is 11.1 Å². The maximum absolute atomic E-state index is 11.2. The number of nitrogen functional groups attached to an aromatic ring is 1. The van der Waals surface area contributed by atoms with E-state index in [1.165, 1.54) is 6.92 Å². The number of nitrogens with zero attached hydrogens (tertiary/aromatic N) is 1. The Morgan fingerprint density at radius 3 is 3.00 bits per heavy atom. The van der Waals surface area contributed by atoms with E-state index in [-0.39, 0.29) is 11.8 Å². The molecule has 0 radical (unpaired) electrons. The largest absolute Gasteiger partial charge is 0.422 e. The van der Waals surface area contributed by atoms with Crippen LogP contribution in [0.1, 0.15) is 17.3 Å². The van der Waals surface area contributed by atoms with E-state index < -0.39 is 0 Å². The summed E-state index contributed by atoms with van der Waals surface area (Å²) in [7, 11) is 0. The smallest absolute Gasteiger partial charge is 0.310 e. The van der Waals surface area contributed by atoms with Crippen LogP contribution >= 0.6 is 0 Å². The molecule has 0 atom stereocenters. The van der Waals surface area contributed by atoms with Gasteiger partial charge in [0, 0.05) is 0 Å². The summed E-state index contributed by atoms with van der Waals surface area (Å²) in [4.78, 5) is 15.2. The minimum absolute atomic E-state index is 0.0599. The number of Topliss-reactive ketones (excluding diaryl/α,β-unsaturated/α-hetero) is 1. The molecule has 0 aliphatic rings. The molecule has 0 saturated carbocycles. The van der Waals surface area contributed by atoms with Crippen molar-refractivity contribution < 1.29 is 9.21 Å². The van der Waals surface area contributed by atoms with E-state index in [4.69, 9.17) is 10.3 Å². The van der Waals surface area contributed by atoms with Crippen molar-refractivity contribution in [1.82, 2.24) is 4.98 Å². The summed E-state index contributed by atoms with van der Waals surface area (Å²) in [5, 5.41) is 0. The van der Waals surface area contributed by atoms with Crippen molar-refractivity contribution in [3.8, 4) is 0 Å². The topological polar surface area (TPSA) is 81.2 Å². The first kappa shape index (κ1) is 8.71. The van der Waals surface area contributed by atoms with Crippen LogP contribution in [0.4, 0.5) is 6.01 Å². The molecule has 72 valence electrons. The number of oxazole rings is 1. The molecule has 0 unspecified atom stereocenters. The van der Waals surface area contributed by atoms with Crippen LogP contribution < -0.4 is 11.3 Å². The van der Waals surface area contributed by atoms with E-state index in [1.807, 2.05) is 0 Å². The highest BCUT2D eigenvalue weighted by atomic mass is 16.4. The zero-order valence-electron chi connectivity index (χ0n) is 7.57. The van der Waals surface area contributed by atoms with Crippen molar-refractivity contribution in [3.63, 3.8) is 0 Å². The fourth-order valence-electron chi connectivity index (χ4n) is 1.29. The van der Waals surface area contributed by atoms with Crippen LogP contribution in [-0.4, -0.2) is 10.8 Å². The van der Waals surface area contributed by atoms with Gasteiger partial charge in [-0.15, -0.1) is 0 Å². The minimum atomic E-state index is -0.0599. The van der Waals surface area contributed by atoms with Crippen LogP contribution in [0.3, 0.4) is 0 Å². The second-order valence-electron chi connectivity index (χ2n) is 2.87. The van der Waals surface area contributed by atoms with Crippen molar-refractivity contribution in [2.75, 3.05) is 5.43 Å². The summed E-state index contributed by atoms with van der Waals surface area (Å²) in [5.41, 5.74) is 3.89. The molecule has 0 aliphatic heterocycles. The Bertz CT molecular complexity index is 490. The van der Waals surface area contributed by atoms with Crippen LogP contribution in [0, 0.1) is 0 Å². The molecule has 5 heteroatoms. The summed E-state index contributed by atoms with van der Waals surface area (Å²) in [6.45, 7) is 1.48. The summed E-state index contributed by atoms with van der Waals surface area (Å²) in [6.07, 6.45) is 0. The first-order valence-corrected chi connectivity index (χ1v) is 4.09. The molecule has 2 rings (SSSR count). The summed E-state index contributed by atoms with van der Waals surface area (Å²) >= 11 is 0. The zero-order valence-corrected chi connectivity index (χ0v) is 7.57. The number of ketones is 1. The first-order valence-electron chi connectivity index (χ1n) is 4.09. The van der Waals surface area contributed by atoms with E-state index >= 15 is 0 Å². The maximum Gasteiger partial charge on any atom is 0.310 e. The Hall–Kier alpha value is -1.88. The van der Waals surface area contributed by atoms with E-state index in [9.17, 15) is 4.79 Å². The Kier molecular flexibility index (Phi) is 1.94. The van der Waals surface area contributed by atoms with Gasteiger partial charge in [-0.3, -0.25) is 10.2 Å². The molecule has 2 aromatic rings. The number of rotatable bonds is 2. The van der Waals surface area contributed by atoms with Crippen molar-refractivity contribution in [3.05, 3.63) is 23.8 Å². The van der Waals surface area contributed by atoms with Crippen molar-refractivity contribution in [1.29, 1.82) is 0 Å². The summed E-state index contributed by atoms with van der Waals surface area (Å²) in [5.74, 6) is 5.09. The fraction of sp³-hybridized carbons (Fsp3) is 0.111. The Balaban J connectivity index is 2.73. The number of para-hydroxylation sites is 1. The molecular weight excluding hydrogens is 182 g/mol. The van der Waals surface area contributed by atoms with Gasteiger partial charge in [-0.2, -0.15) is 4.98 Å². The number of nitrogens with one attached hydrogen (secondary N) is 1. The minimum Gasteiger partial charge on any atom is -0.422 e. The average Bonchev–Trinajstić information content (AvgIpc) is 2.59. The number of hydrogen-bond acceptors (Lipinski definition) is 5. The third-order valence-corrected chi connectivity index (χ3v) is 1.92. The molecule has 1 aromatic carbocycles. The maximum atomic E-state index is 11.2. The number of hydrogen-bond donors (Lipinski definition) is 2. The SMILES string of the molecule is CC(=O)c1cccc2nc(NN)oc12. The quantitative estimate of drug-likeness (QED) is 0.425. The van der Waals surface area contributed by atoms with E-state index in [2.05, 4.69) is 10.4 Å². The second-order valence-corrected chi connectivity index (χ2v) is 2.87. The fourth-order valence-corrected chi connectivity index (χ4v) is 1.29. The van der Waals surface area contributed by atoms with Gasteiger partial charge in [0.1, 0.15) is 5.52 Å². The van der Waals surface area contributed by atoms with E-state index in [0.717, 1.165) is 0 Å². The average molecular weight is 191 g/mol. The lowest BCUT2D eigenvalue weighted by Crippen LogP contribution is -2.06. The Morgan fingerprint density at radius 1 is 1.57 bits per heavy atom.